The monoisotopic (exact) mass is 258 g/mol. The fourth-order valence-corrected chi connectivity index (χ4v) is 2.69. The van der Waals surface area contributed by atoms with Crippen molar-refractivity contribution < 1.29 is 12.8 Å². The number of nitrogens with one attached hydrogen (secondary N) is 1. The molecule has 0 bridgehead atoms. The van der Waals surface area contributed by atoms with Gasteiger partial charge in [0.2, 0.25) is 10.0 Å². The minimum Gasteiger partial charge on any atom is -0.310 e. The van der Waals surface area contributed by atoms with E-state index in [4.69, 9.17) is 5.14 Å². The van der Waals surface area contributed by atoms with Gasteiger partial charge in [-0.05, 0) is 42.6 Å². The van der Waals surface area contributed by atoms with Crippen LogP contribution in [0.4, 0.5) is 4.39 Å². The Morgan fingerprint density at radius 2 is 2.12 bits per heavy atom. The third kappa shape index (κ3) is 2.83. The van der Waals surface area contributed by atoms with Gasteiger partial charge in [0.25, 0.3) is 0 Å². The Bertz CT molecular complexity index is 530. The zero-order valence-electron chi connectivity index (χ0n) is 9.48. The first kappa shape index (κ1) is 12.5. The van der Waals surface area contributed by atoms with Gasteiger partial charge in [0.1, 0.15) is 5.82 Å². The van der Waals surface area contributed by atoms with Gasteiger partial charge in [-0.25, -0.2) is 17.9 Å². The van der Waals surface area contributed by atoms with E-state index in [1.165, 1.54) is 12.1 Å². The molecule has 0 aromatic heterocycles. The van der Waals surface area contributed by atoms with Crippen molar-refractivity contribution >= 4 is 10.0 Å². The highest BCUT2D eigenvalue weighted by atomic mass is 32.2. The molecule has 0 radical (unpaired) electrons. The third-order valence-corrected chi connectivity index (χ3v) is 3.87. The van der Waals surface area contributed by atoms with Gasteiger partial charge in [-0.1, -0.05) is 6.92 Å². The van der Waals surface area contributed by atoms with Gasteiger partial charge in [-0.2, -0.15) is 0 Å². The SMILES string of the molecule is C[C@@H]1CN[C@@H](c2cc(F)cc(S(N)(=O)=O)c2)C1. The molecule has 1 aromatic rings. The average molecular weight is 258 g/mol. The molecule has 1 aromatic carbocycles. The van der Waals surface area contributed by atoms with Crippen molar-refractivity contribution in [2.24, 2.45) is 11.1 Å². The van der Waals surface area contributed by atoms with Gasteiger partial charge < -0.3 is 5.32 Å². The molecular formula is C11H15FN2O2S. The van der Waals surface area contributed by atoms with E-state index in [1.807, 2.05) is 0 Å². The molecule has 3 N–H and O–H groups in total. The minimum atomic E-state index is -3.86. The van der Waals surface area contributed by atoms with Crippen LogP contribution in [0.25, 0.3) is 0 Å². The van der Waals surface area contributed by atoms with Crippen LogP contribution in [0.1, 0.15) is 24.9 Å². The van der Waals surface area contributed by atoms with Crippen LogP contribution in [0, 0.1) is 11.7 Å². The number of hydrogen-bond donors (Lipinski definition) is 2. The van der Waals surface area contributed by atoms with Gasteiger partial charge in [0.05, 0.1) is 4.90 Å². The van der Waals surface area contributed by atoms with Crippen LogP contribution in [0.5, 0.6) is 0 Å². The molecule has 0 amide bonds. The molecule has 1 saturated heterocycles. The summed E-state index contributed by atoms with van der Waals surface area (Å²) < 4.78 is 35.8. The second-order valence-electron chi connectivity index (χ2n) is 4.57. The van der Waals surface area contributed by atoms with E-state index >= 15 is 0 Å². The zero-order chi connectivity index (χ0) is 12.6. The Labute approximate surface area is 100 Å². The number of rotatable bonds is 2. The number of halogens is 1. The first-order valence-electron chi connectivity index (χ1n) is 5.43. The van der Waals surface area contributed by atoms with Crippen LogP contribution < -0.4 is 10.5 Å². The lowest BCUT2D eigenvalue weighted by Gasteiger charge is -2.12. The summed E-state index contributed by atoms with van der Waals surface area (Å²) in [6.45, 7) is 2.94. The molecule has 94 valence electrons. The summed E-state index contributed by atoms with van der Waals surface area (Å²) in [6, 6.07) is 3.73. The van der Waals surface area contributed by atoms with Gasteiger partial charge in [-0.15, -0.1) is 0 Å². The predicted octanol–water partition coefficient (Wildman–Crippen LogP) is 1.14. The van der Waals surface area contributed by atoms with Crippen LogP contribution in [0.15, 0.2) is 23.1 Å². The minimum absolute atomic E-state index is 0.00111. The third-order valence-electron chi connectivity index (χ3n) is 2.98. The highest BCUT2D eigenvalue weighted by Gasteiger charge is 2.23. The molecule has 2 atom stereocenters. The fraction of sp³-hybridized carbons (Fsp3) is 0.455. The second-order valence-corrected chi connectivity index (χ2v) is 6.13. The molecule has 1 heterocycles. The maximum Gasteiger partial charge on any atom is 0.238 e. The summed E-state index contributed by atoms with van der Waals surface area (Å²) >= 11 is 0. The Morgan fingerprint density at radius 1 is 1.41 bits per heavy atom. The van der Waals surface area contributed by atoms with E-state index in [0.717, 1.165) is 19.0 Å². The summed E-state index contributed by atoms with van der Waals surface area (Å²) in [7, 11) is -3.86. The van der Waals surface area contributed by atoms with Crippen LogP contribution in [0.2, 0.25) is 0 Å². The molecular weight excluding hydrogens is 243 g/mol. The standard InChI is InChI=1S/C11H15FN2O2S/c1-7-2-11(14-6-7)8-3-9(12)5-10(4-8)17(13,15)16/h3-5,7,11,14H,2,6H2,1H3,(H2,13,15,16)/t7-,11+/m0/s1. The molecule has 4 nitrogen and oxygen atoms in total. The van der Waals surface area contributed by atoms with Crippen molar-refractivity contribution in [2.45, 2.75) is 24.3 Å². The molecule has 2 rings (SSSR count). The van der Waals surface area contributed by atoms with Crippen molar-refractivity contribution in [2.75, 3.05) is 6.54 Å². The first-order valence-corrected chi connectivity index (χ1v) is 6.97. The maximum atomic E-state index is 13.4. The normalized spacial score (nSPS) is 25.1. The Balaban J connectivity index is 2.39. The Hall–Kier alpha value is -0.980. The first-order chi connectivity index (χ1) is 7.86. The smallest absolute Gasteiger partial charge is 0.238 e. The summed E-state index contributed by atoms with van der Waals surface area (Å²) in [4.78, 5) is -0.172. The van der Waals surface area contributed by atoms with E-state index < -0.39 is 15.8 Å². The molecule has 0 spiro atoms. The molecule has 0 unspecified atom stereocenters. The molecule has 0 saturated carbocycles. The summed E-state index contributed by atoms with van der Waals surface area (Å²) in [5.41, 5.74) is 0.637. The van der Waals surface area contributed by atoms with Crippen LogP contribution in [0.3, 0.4) is 0 Å². The highest BCUT2D eigenvalue weighted by Crippen LogP contribution is 2.28. The van der Waals surface area contributed by atoms with Gasteiger partial charge in [-0.3, -0.25) is 0 Å². The van der Waals surface area contributed by atoms with Crippen LogP contribution in [-0.2, 0) is 10.0 Å². The van der Waals surface area contributed by atoms with E-state index in [2.05, 4.69) is 12.2 Å². The van der Waals surface area contributed by atoms with E-state index in [9.17, 15) is 12.8 Å². The molecule has 17 heavy (non-hydrogen) atoms. The molecule has 1 aliphatic heterocycles. The van der Waals surface area contributed by atoms with Crippen LogP contribution in [-0.4, -0.2) is 15.0 Å². The van der Waals surface area contributed by atoms with Crippen LogP contribution >= 0.6 is 0 Å². The van der Waals surface area contributed by atoms with Crippen molar-refractivity contribution in [3.63, 3.8) is 0 Å². The maximum absolute atomic E-state index is 13.4. The van der Waals surface area contributed by atoms with E-state index in [1.54, 1.807) is 0 Å². The fourth-order valence-electron chi connectivity index (χ4n) is 2.12. The molecule has 0 aliphatic carbocycles. The number of benzene rings is 1. The number of hydrogen-bond acceptors (Lipinski definition) is 3. The highest BCUT2D eigenvalue weighted by molar-refractivity contribution is 7.89. The van der Waals surface area contributed by atoms with Gasteiger partial charge >= 0.3 is 0 Å². The molecule has 1 fully saturated rings. The average Bonchev–Trinajstić information content (AvgIpc) is 2.62. The number of primary sulfonamides is 1. The lowest BCUT2D eigenvalue weighted by molar-refractivity contribution is 0.580. The van der Waals surface area contributed by atoms with Gasteiger partial charge in [0.15, 0.2) is 0 Å². The van der Waals surface area contributed by atoms with Crippen molar-refractivity contribution in [3.8, 4) is 0 Å². The Kier molecular flexibility index (Phi) is 3.20. The molecule has 1 aliphatic rings. The van der Waals surface area contributed by atoms with E-state index in [0.29, 0.717) is 11.5 Å². The lowest BCUT2D eigenvalue weighted by atomic mass is 10.0. The second kappa shape index (κ2) is 4.36. The lowest BCUT2D eigenvalue weighted by Crippen LogP contribution is -2.16. The summed E-state index contributed by atoms with van der Waals surface area (Å²) in [5.74, 6) is -0.0749. The summed E-state index contributed by atoms with van der Waals surface area (Å²) in [5, 5.41) is 8.23. The summed E-state index contributed by atoms with van der Waals surface area (Å²) in [6.07, 6.45) is 0.869. The predicted molar refractivity (Wildman–Crippen MR) is 62.3 cm³/mol. The zero-order valence-corrected chi connectivity index (χ0v) is 10.3. The largest absolute Gasteiger partial charge is 0.310 e. The topological polar surface area (TPSA) is 72.2 Å². The molecule has 6 heteroatoms. The Morgan fingerprint density at radius 3 is 2.65 bits per heavy atom. The number of nitrogens with two attached hydrogens (primary N) is 1. The number of sulfonamides is 1. The van der Waals surface area contributed by atoms with E-state index in [-0.39, 0.29) is 10.9 Å². The van der Waals surface area contributed by atoms with Crippen molar-refractivity contribution in [1.82, 2.24) is 5.32 Å². The van der Waals surface area contributed by atoms with Gasteiger partial charge in [0, 0.05) is 6.04 Å². The quantitative estimate of drug-likeness (QED) is 0.835. The van der Waals surface area contributed by atoms with Crippen molar-refractivity contribution in [1.29, 1.82) is 0 Å². The van der Waals surface area contributed by atoms with Crippen molar-refractivity contribution in [3.05, 3.63) is 29.6 Å².